The van der Waals surface area contributed by atoms with Crippen LogP contribution in [-0.4, -0.2) is 40.6 Å². The molecule has 0 bridgehead atoms. The first-order valence-corrected chi connectivity index (χ1v) is 10.6. The summed E-state index contributed by atoms with van der Waals surface area (Å²) >= 11 is 1.37. The van der Waals surface area contributed by atoms with Crippen LogP contribution in [0.25, 0.3) is 11.4 Å². The smallest absolute Gasteiger partial charge is 0.230 e. The summed E-state index contributed by atoms with van der Waals surface area (Å²) in [5, 5.41) is 12.3. The molecule has 1 N–H and O–H groups in total. The SMILES string of the molecule is CCn1c(SCC(=O)NCc2ccc(C)cc2)nnc1-c1ccc(OC)c(OC)c1. The molecule has 0 aliphatic heterocycles. The highest BCUT2D eigenvalue weighted by Gasteiger charge is 2.16. The van der Waals surface area contributed by atoms with Gasteiger partial charge < -0.3 is 19.4 Å². The summed E-state index contributed by atoms with van der Waals surface area (Å²) in [6.45, 7) is 5.26. The Balaban J connectivity index is 1.65. The van der Waals surface area contributed by atoms with Crippen LogP contribution in [0.4, 0.5) is 0 Å². The summed E-state index contributed by atoms with van der Waals surface area (Å²) in [6.07, 6.45) is 0. The predicted octanol–water partition coefficient (Wildman–Crippen LogP) is 3.70. The Labute approximate surface area is 180 Å². The number of amides is 1. The maximum atomic E-state index is 12.3. The molecule has 0 saturated heterocycles. The first-order chi connectivity index (χ1) is 14.5. The maximum absolute atomic E-state index is 12.3. The molecule has 3 aromatic rings. The van der Waals surface area contributed by atoms with Crippen molar-refractivity contribution < 1.29 is 14.3 Å². The molecule has 1 heterocycles. The van der Waals surface area contributed by atoms with Crippen LogP contribution in [0.5, 0.6) is 11.5 Å². The normalized spacial score (nSPS) is 10.7. The Morgan fingerprint density at radius 1 is 1.07 bits per heavy atom. The Bertz CT molecular complexity index is 1000. The van der Waals surface area contributed by atoms with Crippen LogP contribution >= 0.6 is 11.8 Å². The highest BCUT2D eigenvalue weighted by molar-refractivity contribution is 7.99. The van der Waals surface area contributed by atoms with Crippen molar-refractivity contribution in [1.82, 2.24) is 20.1 Å². The number of ether oxygens (including phenoxy) is 2. The molecular weight excluding hydrogens is 400 g/mol. The van der Waals surface area contributed by atoms with Gasteiger partial charge in [0.15, 0.2) is 22.5 Å². The van der Waals surface area contributed by atoms with Gasteiger partial charge in [-0.3, -0.25) is 4.79 Å². The van der Waals surface area contributed by atoms with Crippen molar-refractivity contribution in [2.45, 2.75) is 32.1 Å². The van der Waals surface area contributed by atoms with Gasteiger partial charge in [-0.1, -0.05) is 41.6 Å². The van der Waals surface area contributed by atoms with Crippen LogP contribution in [0.15, 0.2) is 47.6 Å². The average molecular weight is 427 g/mol. The second kappa shape index (κ2) is 10.2. The molecule has 158 valence electrons. The van der Waals surface area contributed by atoms with Crippen molar-refractivity contribution >= 4 is 17.7 Å². The summed E-state index contributed by atoms with van der Waals surface area (Å²) in [5.74, 6) is 2.24. The van der Waals surface area contributed by atoms with Crippen LogP contribution < -0.4 is 14.8 Å². The van der Waals surface area contributed by atoms with Crippen molar-refractivity contribution in [3.8, 4) is 22.9 Å². The van der Waals surface area contributed by atoms with Gasteiger partial charge in [0.2, 0.25) is 5.91 Å². The zero-order valence-electron chi connectivity index (χ0n) is 17.6. The minimum absolute atomic E-state index is 0.0427. The number of nitrogens with one attached hydrogen (secondary N) is 1. The van der Waals surface area contributed by atoms with E-state index >= 15 is 0 Å². The molecule has 0 unspecified atom stereocenters. The van der Waals surface area contributed by atoms with E-state index in [-0.39, 0.29) is 11.7 Å². The van der Waals surface area contributed by atoms with E-state index in [1.54, 1.807) is 14.2 Å². The van der Waals surface area contributed by atoms with E-state index in [9.17, 15) is 4.79 Å². The lowest BCUT2D eigenvalue weighted by Crippen LogP contribution is -2.24. The summed E-state index contributed by atoms with van der Waals surface area (Å²) < 4.78 is 12.7. The van der Waals surface area contributed by atoms with Crippen molar-refractivity contribution in [2.75, 3.05) is 20.0 Å². The van der Waals surface area contributed by atoms with Crippen LogP contribution in [0.1, 0.15) is 18.1 Å². The van der Waals surface area contributed by atoms with Gasteiger partial charge in [0.05, 0.1) is 20.0 Å². The third-order valence-corrected chi connectivity index (χ3v) is 5.58. The fourth-order valence-electron chi connectivity index (χ4n) is 2.96. The third kappa shape index (κ3) is 5.13. The van der Waals surface area contributed by atoms with Crippen molar-refractivity contribution in [3.05, 3.63) is 53.6 Å². The monoisotopic (exact) mass is 426 g/mol. The second-order valence-electron chi connectivity index (χ2n) is 6.67. The topological polar surface area (TPSA) is 78.3 Å². The van der Waals surface area contributed by atoms with Gasteiger partial charge >= 0.3 is 0 Å². The number of nitrogens with zero attached hydrogens (tertiary/aromatic N) is 3. The second-order valence-corrected chi connectivity index (χ2v) is 7.61. The van der Waals surface area contributed by atoms with Gasteiger partial charge in [-0.2, -0.15) is 0 Å². The van der Waals surface area contributed by atoms with E-state index in [1.807, 2.05) is 60.9 Å². The zero-order valence-corrected chi connectivity index (χ0v) is 18.5. The van der Waals surface area contributed by atoms with Crippen LogP contribution in [0.3, 0.4) is 0 Å². The van der Waals surface area contributed by atoms with Crippen LogP contribution in [-0.2, 0) is 17.9 Å². The molecule has 0 fully saturated rings. The van der Waals surface area contributed by atoms with Gasteiger partial charge in [-0.05, 0) is 37.6 Å². The molecule has 30 heavy (non-hydrogen) atoms. The fourth-order valence-corrected chi connectivity index (χ4v) is 3.79. The number of thioether (sulfide) groups is 1. The number of aromatic nitrogens is 3. The number of hydrogen-bond donors (Lipinski definition) is 1. The Hall–Kier alpha value is -3.00. The number of hydrogen-bond acceptors (Lipinski definition) is 6. The van der Waals surface area contributed by atoms with Gasteiger partial charge in [0.25, 0.3) is 0 Å². The molecular formula is C22H26N4O3S. The molecule has 0 saturated carbocycles. The molecule has 3 rings (SSSR count). The quantitative estimate of drug-likeness (QED) is 0.526. The minimum atomic E-state index is -0.0427. The largest absolute Gasteiger partial charge is 0.493 e. The molecule has 0 spiro atoms. The molecule has 0 atom stereocenters. The van der Waals surface area contributed by atoms with Crippen LogP contribution in [0.2, 0.25) is 0 Å². The molecule has 0 aliphatic rings. The summed E-state index contributed by atoms with van der Waals surface area (Å²) in [5.41, 5.74) is 3.15. The highest BCUT2D eigenvalue weighted by Crippen LogP contribution is 2.32. The third-order valence-electron chi connectivity index (χ3n) is 4.62. The molecule has 2 aromatic carbocycles. The maximum Gasteiger partial charge on any atom is 0.230 e. The van der Waals surface area contributed by atoms with Crippen molar-refractivity contribution in [1.29, 1.82) is 0 Å². The lowest BCUT2D eigenvalue weighted by Gasteiger charge is -2.11. The van der Waals surface area contributed by atoms with E-state index in [0.717, 1.165) is 17.0 Å². The fraction of sp³-hybridized carbons (Fsp3) is 0.318. The van der Waals surface area contributed by atoms with E-state index in [4.69, 9.17) is 9.47 Å². The summed E-state index contributed by atoms with van der Waals surface area (Å²) in [7, 11) is 3.20. The number of aryl methyl sites for hydroxylation is 1. The molecule has 1 aromatic heterocycles. The molecule has 8 heteroatoms. The van der Waals surface area contributed by atoms with E-state index in [2.05, 4.69) is 15.5 Å². The number of carbonyl (C=O) groups excluding carboxylic acids is 1. The van der Waals surface area contributed by atoms with Crippen molar-refractivity contribution in [2.24, 2.45) is 0 Å². The molecule has 7 nitrogen and oxygen atoms in total. The Kier molecular flexibility index (Phi) is 7.35. The lowest BCUT2D eigenvalue weighted by atomic mass is 10.1. The first kappa shape index (κ1) is 21.7. The van der Waals surface area contributed by atoms with E-state index in [0.29, 0.717) is 29.7 Å². The van der Waals surface area contributed by atoms with E-state index in [1.165, 1.54) is 17.3 Å². The number of carbonyl (C=O) groups is 1. The highest BCUT2D eigenvalue weighted by atomic mass is 32.2. The first-order valence-electron chi connectivity index (χ1n) is 9.66. The van der Waals surface area contributed by atoms with E-state index < -0.39 is 0 Å². The number of methoxy groups -OCH3 is 2. The van der Waals surface area contributed by atoms with Gasteiger partial charge in [0, 0.05) is 18.7 Å². The summed E-state index contributed by atoms with van der Waals surface area (Å²) in [6, 6.07) is 13.7. The van der Waals surface area contributed by atoms with Gasteiger partial charge in [0.1, 0.15) is 0 Å². The Morgan fingerprint density at radius 3 is 2.47 bits per heavy atom. The summed E-state index contributed by atoms with van der Waals surface area (Å²) in [4.78, 5) is 12.3. The zero-order chi connectivity index (χ0) is 21.5. The predicted molar refractivity (Wildman–Crippen MR) is 118 cm³/mol. The lowest BCUT2D eigenvalue weighted by molar-refractivity contribution is -0.118. The molecule has 0 radical (unpaired) electrons. The van der Waals surface area contributed by atoms with Gasteiger partial charge in [-0.25, -0.2) is 0 Å². The number of rotatable bonds is 9. The van der Waals surface area contributed by atoms with Crippen molar-refractivity contribution in [3.63, 3.8) is 0 Å². The van der Waals surface area contributed by atoms with Gasteiger partial charge in [-0.15, -0.1) is 10.2 Å². The molecule has 0 aliphatic carbocycles. The number of benzene rings is 2. The molecule has 1 amide bonds. The standard InChI is InChI=1S/C22H26N4O3S/c1-5-26-21(17-10-11-18(28-3)19(12-17)29-4)24-25-22(26)30-14-20(27)23-13-16-8-6-15(2)7-9-16/h6-12H,5,13-14H2,1-4H3,(H,23,27). The Morgan fingerprint density at radius 2 is 1.80 bits per heavy atom. The average Bonchev–Trinajstić information content (AvgIpc) is 3.19. The van der Waals surface area contributed by atoms with Crippen LogP contribution in [0, 0.1) is 6.92 Å². The minimum Gasteiger partial charge on any atom is -0.493 e.